The molecule has 3 heteroatoms. The van der Waals surface area contributed by atoms with E-state index in [0.717, 1.165) is 78.9 Å². The van der Waals surface area contributed by atoms with E-state index in [4.69, 9.17) is 4.74 Å². The minimum Gasteiger partial charge on any atom is -0.495 e. The smallest absolute Gasteiger partial charge is 0.129 e. The van der Waals surface area contributed by atoms with Crippen molar-refractivity contribution in [2.24, 2.45) is 47.3 Å². The van der Waals surface area contributed by atoms with Crippen molar-refractivity contribution in [1.82, 2.24) is 5.32 Å². The number of unbranched alkanes of at least 4 members (excludes halogenated alkanes) is 8. The number of ketones is 1. The highest BCUT2D eigenvalue weighted by Crippen LogP contribution is 2.48. The van der Waals surface area contributed by atoms with Crippen LogP contribution in [0.2, 0.25) is 0 Å². The molecule has 0 aromatic rings. The SMILES string of the molecule is C=C(CCCC(CCCNC)CCCC(C)=O)OC(CCC1CC2CCCCC2C1)CCC1CC2CCCCC2C1.CCCCCCCC(C)CCCCCCC. The molecular weight excluding hydrogens is 695 g/mol. The largest absolute Gasteiger partial charge is 0.495 e. The van der Waals surface area contributed by atoms with Crippen molar-refractivity contribution < 1.29 is 9.53 Å². The maximum Gasteiger partial charge on any atom is 0.129 e. The lowest BCUT2D eigenvalue weighted by atomic mass is 9.82. The van der Waals surface area contributed by atoms with Gasteiger partial charge in [0.05, 0.1) is 11.9 Å². The lowest BCUT2D eigenvalue weighted by Crippen LogP contribution is -2.16. The van der Waals surface area contributed by atoms with Crippen LogP contribution in [0.15, 0.2) is 12.3 Å². The summed E-state index contributed by atoms with van der Waals surface area (Å²) < 4.78 is 6.75. The van der Waals surface area contributed by atoms with E-state index in [0.29, 0.717) is 11.9 Å². The standard InChI is InChI=1S/C38H67NO2.C16H34/c1-29(40)11-8-13-31(15-10-24-39-3)14-9-12-30(2)41-38(22-20-32-25-34-16-4-5-17-35(34)26-32)23-21-33-27-36-18-6-7-19-37(36)28-33;1-4-6-8-10-12-14-16(3)15-13-11-9-7-5-2/h31-39H,2,4-28H2,1,3H3;16H,4-15H2,1-3H3. The Morgan fingerprint density at radius 2 is 1.04 bits per heavy atom. The average Bonchev–Trinajstić information content (AvgIpc) is 3.82. The zero-order valence-electron chi connectivity index (χ0n) is 39.4. The number of carbonyl (C=O) groups excluding carboxylic acids is 1. The molecular formula is C54H101NO2. The Balaban J connectivity index is 0.000000460. The zero-order valence-corrected chi connectivity index (χ0v) is 39.4. The molecule has 5 unspecified atom stereocenters. The fourth-order valence-electron chi connectivity index (χ4n) is 12.2. The van der Waals surface area contributed by atoms with Crippen molar-refractivity contribution in [3.63, 3.8) is 0 Å². The molecule has 0 amide bonds. The van der Waals surface area contributed by atoms with Crippen LogP contribution >= 0.6 is 0 Å². The molecule has 5 atom stereocenters. The number of carbonyl (C=O) groups is 1. The molecule has 0 saturated heterocycles. The van der Waals surface area contributed by atoms with Gasteiger partial charge < -0.3 is 14.8 Å². The first-order chi connectivity index (χ1) is 27.8. The molecule has 0 aliphatic heterocycles. The number of ether oxygens (including phenoxy) is 1. The second-order valence-electron chi connectivity index (χ2n) is 20.8. The van der Waals surface area contributed by atoms with Crippen LogP contribution in [-0.4, -0.2) is 25.5 Å². The number of nitrogens with one attached hydrogen (secondary N) is 1. The molecule has 0 aromatic heterocycles. The van der Waals surface area contributed by atoms with Gasteiger partial charge in [-0.2, -0.15) is 0 Å². The maximum absolute atomic E-state index is 11.5. The van der Waals surface area contributed by atoms with Gasteiger partial charge in [-0.05, 0) is 145 Å². The molecule has 4 rings (SSSR count). The second kappa shape index (κ2) is 32.0. The Morgan fingerprint density at radius 1 is 0.596 bits per heavy atom. The molecule has 0 aromatic carbocycles. The van der Waals surface area contributed by atoms with E-state index >= 15 is 0 Å². The van der Waals surface area contributed by atoms with Gasteiger partial charge in [-0.1, -0.05) is 169 Å². The molecule has 4 saturated carbocycles. The highest BCUT2D eigenvalue weighted by atomic mass is 16.5. The van der Waals surface area contributed by atoms with Gasteiger partial charge in [0.1, 0.15) is 5.78 Å². The third-order valence-corrected chi connectivity index (χ3v) is 15.7. The third kappa shape index (κ3) is 23.1. The summed E-state index contributed by atoms with van der Waals surface area (Å²) in [6, 6.07) is 0. The summed E-state index contributed by atoms with van der Waals surface area (Å²) in [6.07, 6.45) is 49.8. The van der Waals surface area contributed by atoms with E-state index in [1.165, 1.54) is 212 Å². The van der Waals surface area contributed by atoms with Gasteiger partial charge in [0.15, 0.2) is 0 Å². The number of rotatable bonds is 32. The van der Waals surface area contributed by atoms with Crippen molar-refractivity contribution >= 4 is 5.78 Å². The summed E-state index contributed by atoms with van der Waals surface area (Å²) in [7, 11) is 2.04. The van der Waals surface area contributed by atoms with Crippen LogP contribution in [0.25, 0.3) is 0 Å². The van der Waals surface area contributed by atoms with Crippen LogP contribution in [-0.2, 0) is 9.53 Å². The van der Waals surface area contributed by atoms with Crippen molar-refractivity contribution in [2.45, 2.75) is 265 Å². The van der Waals surface area contributed by atoms with Crippen molar-refractivity contribution in [3.05, 3.63) is 12.3 Å². The molecule has 3 nitrogen and oxygen atoms in total. The Bertz CT molecular complexity index is 914. The minimum atomic E-state index is 0.333. The molecule has 4 aliphatic carbocycles. The molecule has 4 aliphatic rings. The van der Waals surface area contributed by atoms with Gasteiger partial charge in [0, 0.05) is 12.8 Å². The van der Waals surface area contributed by atoms with Crippen molar-refractivity contribution in [1.29, 1.82) is 0 Å². The molecule has 0 bridgehead atoms. The fourth-order valence-corrected chi connectivity index (χ4v) is 12.2. The predicted octanol–water partition coefficient (Wildman–Crippen LogP) is 16.8. The van der Waals surface area contributed by atoms with Crippen LogP contribution in [0.4, 0.5) is 0 Å². The summed E-state index contributed by atoms with van der Waals surface area (Å²) in [5.41, 5.74) is 0. The summed E-state index contributed by atoms with van der Waals surface area (Å²) in [5, 5.41) is 3.30. The highest BCUT2D eigenvalue weighted by molar-refractivity contribution is 5.75. The average molecular weight is 796 g/mol. The Morgan fingerprint density at radius 3 is 1.47 bits per heavy atom. The van der Waals surface area contributed by atoms with Gasteiger partial charge in [0.25, 0.3) is 0 Å². The van der Waals surface area contributed by atoms with Crippen molar-refractivity contribution in [3.8, 4) is 0 Å². The monoisotopic (exact) mass is 796 g/mol. The molecule has 1 N–H and O–H groups in total. The minimum absolute atomic E-state index is 0.333. The Hall–Kier alpha value is -0.830. The van der Waals surface area contributed by atoms with Crippen LogP contribution in [0.5, 0.6) is 0 Å². The predicted molar refractivity (Wildman–Crippen MR) is 250 cm³/mol. The van der Waals surface area contributed by atoms with Crippen LogP contribution < -0.4 is 5.32 Å². The first-order valence-corrected chi connectivity index (χ1v) is 26.3. The van der Waals surface area contributed by atoms with E-state index in [9.17, 15) is 4.79 Å². The van der Waals surface area contributed by atoms with E-state index in [-0.39, 0.29) is 0 Å². The summed E-state index contributed by atoms with van der Waals surface area (Å²) >= 11 is 0. The second-order valence-corrected chi connectivity index (χ2v) is 20.8. The van der Waals surface area contributed by atoms with Crippen LogP contribution in [0.1, 0.15) is 259 Å². The topological polar surface area (TPSA) is 38.3 Å². The molecule has 4 fully saturated rings. The first-order valence-electron chi connectivity index (χ1n) is 26.3. The number of Topliss-reactive ketones (excluding diaryl/α,β-unsaturated/α-hetero) is 1. The van der Waals surface area contributed by atoms with E-state index < -0.39 is 0 Å². The van der Waals surface area contributed by atoms with Crippen LogP contribution in [0, 0.1) is 47.3 Å². The van der Waals surface area contributed by atoms with E-state index in [2.05, 4.69) is 32.7 Å². The number of hydrogen-bond acceptors (Lipinski definition) is 3. The van der Waals surface area contributed by atoms with E-state index in [1.807, 2.05) is 7.05 Å². The molecule has 0 spiro atoms. The molecule has 57 heavy (non-hydrogen) atoms. The van der Waals surface area contributed by atoms with Gasteiger partial charge in [-0.3, -0.25) is 0 Å². The van der Waals surface area contributed by atoms with Gasteiger partial charge >= 0.3 is 0 Å². The van der Waals surface area contributed by atoms with Gasteiger partial charge in [0.2, 0.25) is 0 Å². The normalized spacial score (nSPS) is 25.4. The maximum atomic E-state index is 11.5. The van der Waals surface area contributed by atoms with E-state index in [1.54, 1.807) is 6.92 Å². The van der Waals surface area contributed by atoms with Gasteiger partial charge in [-0.15, -0.1) is 0 Å². The lowest BCUT2D eigenvalue weighted by molar-refractivity contribution is -0.117. The number of allylic oxidation sites excluding steroid dienone is 1. The summed E-state index contributed by atoms with van der Waals surface area (Å²) in [4.78, 5) is 11.5. The first kappa shape index (κ1) is 50.5. The summed E-state index contributed by atoms with van der Waals surface area (Å²) in [5.74, 6) is 9.15. The van der Waals surface area contributed by atoms with Gasteiger partial charge in [-0.25, -0.2) is 0 Å². The zero-order chi connectivity index (χ0) is 40.9. The third-order valence-electron chi connectivity index (χ3n) is 15.7. The molecule has 0 heterocycles. The number of hydrogen-bond donors (Lipinski definition) is 1. The summed E-state index contributed by atoms with van der Waals surface area (Å²) in [6.45, 7) is 14.3. The lowest BCUT2D eigenvalue weighted by Gasteiger charge is -2.24. The molecule has 334 valence electrons. The number of fused-ring (bicyclic) bond motifs is 2. The van der Waals surface area contributed by atoms with Crippen LogP contribution in [0.3, 0.4) is 0 Å². The molecule has 0 radical (unpaired) electrons. The quantitative estimate of drug-likeness (QED) is 0.0544. The Kier molecular flexibility index (Phi) is 28.3. The Labute approximate surface area is 357 Å². The fraction of sp³-hybridized carbons (Fsp3) is 0.944. The highest BCUT2D eigenvalue weighted by Gasteiger charge is 2.37. The van der Waals surface area contributed by atoms with Crippen molar-refractivity contribution in [2.75, 3.05) is 13.6 Å².